The van der Waals surface area contributed by atoms with Crippen molar-refractivity contribution >= 4 is 33.3 Å². The highest BCUT2D eigenvalue weighted by Crippen LogP contribution is 2.30. The molecule has 0 fully saturated rings. The summed E-state index contributed by atoms with van der Waals surface area (Å²) in [4.78, 5) is 9.80. The summed E-state index contributed by atoms with van der Waals surface area (Å²) in [5, 5.41) is 11.8. The lowest BCUT2D eigenvalue weighted by Gasteiger charge is -2.03. The fourth-order valence-electron chi connectivity index (χ4n) is 1.72. The molecule has 1 aromatic carbocycles. The third kappa shape index (κ3) is 1.95. The van der Waals surface area contributed by atoms with E-state index < -0.39 is 0 Å². The van der Waals surface area contributed by atoms with E-state index in [9.17, 15) is 5.11 Å². The lowest BCUT2D eigenvalue weighted by atomic mass is 10.2. The van der Waals surface area contributed by atoms with Crippen molar-refractivity contribution < 1.29 is 5.11 Å². The zero-order valence-corrected chi connectivity index (χ0v) is 11.3. The number of aromatic nitrogens is 2. The number of benzene rings is 1. The van der Waals surface area contributed by atoms with E-state index in [0.29, 0.717) is 5.82 Å². The van der Waals surface area contributed by atoms with Crippen molar-refractivity contribution in [1.82, 2.24) is 9.97 Å². The van der Waals surface area contributed by atoms with E-state index in [1.165, 1.54) is 16.2 Å². The second-order valence-corrected chi connectivity index (χ2v) is 5.53. The molecule has 0 aliphatic heterocycles. The van der Waals surface area contributed by atoms with Gasteiger partial charge in [-0.2, -0.15) is 4.98 Å². The van der Waals surface area contributed by atoms with Crippen LogP contribution in [0.2, 0.25) is 0 Å². The molecule has 1 N–H and O–H groups in total. The number of hydrogen-bond acceptors (Lipinski definition) is 5. The smallest absolute Gasteiger partial charge is 0.232 e. The van der Waals surface area contributed by atoms with E-state index in [-0.39, 0.29) is 5.88 Å². The molecule has 90 valence electrons. The predicted octanol–water partition coefficient (Wildman–Crippen LogP) is 3.79. The molecule has 2 heterocycles. The van der Waals surface area contributed by atoms with Gasteiger partial charge >= 0.3 is 0 Å². The van der Waals surface area contributed by atoms with Gasteiger partial charge in [-0.05, 0) is 29.8 Å². The van der Waals surface area contributed by atoms with Crippen LogP contribution >= 0.6 is 23.1 Å². The monoisotopic (exact) mass is 274 g/mol. The number of hydrogen-bond donors (Lipinski definition) is 1. The van der Waals surface area contributed by atoms with Crippen LogP contribution in [0.15, 0.2) is 40.6 Å². The molecule has 3 rings (SSSR count). The molecule has 5 heteroatoms. The van der Waals surface area contributed by atoms with Crippen LogP contribution < -0.4 is 0 Å². The lowest BCUT2D eigenvalue weighted by molar-refractivity contribution is 0.461. The van der Waals surface area contributed by atoms with Crippen molar-refractivity contribution in [2.24, 2.45) is 0 Å². The van der Waals surface area contributed by atoms with Crippen LogP contribution in [0.3, 0.4) is 0 Å². The van der Waals surface area contributed by atoms with Gasteiger partial charge in [0.2, 0.25) is 5.88 Å². The normalized spacial score (nSPS) is 10.9. The zero-order chi connectivity index (χ0) is 12.5. The fourth-order valence-corrected chi connectivity index (χ4v) is 2.84. The van der Waals surface area contributed by atoms with E-state index in [2.05, 4.69) is 9.97 Å². The quantitative estimate of drug-likeness (QED) is 0.722. The highest BCUT2D eigenvalue weighted by molar-refractivity contribution is 7.98. The summed E-state index contributed by atoms with van der Waals surface area (Å²) in [6, 6.07) is 9.88. The molecule has 0 bridgehead atoms. The lowest BCUT2D eigenvalue weighted by Crippen LogP contribution is -1.89. The molecule has 0 amide bonds. The van der Waals surface area contributed by atoms with Gasteiger partial charge in [0.1, 0.15) is 4.70 Å². The van der Waals surface area contributed by atoms with Crippen LogP contribution in [0.1, 0.15) is 0 Å². The van der Waals surface area contributed by atoms with Crippen molar-refractivity contribution in [3.05, 3.63) is 35.7 Å². The molecule has 0 saturated heterocycles. The van der Waals surface area contributed by atoms with Crippen molar-refractivity contribution in [2.75, 3.05) is 6.26 Å². The summed E-state index contributed by atoms with van der Waals surface area (Å²) < 4.78 is 0.736. The Labute approximate surface area is 113 Å². The molecule has 0 unspecified atom stereocenters. The molecule has 18 heavy (non-hydrogen) atoms. The van der Waals surface area contributed by atoms with E-state index >= 15 is 0 Å². The molecule has 3 nitrogen and oxygen atoms in total. The first-order valence-corrected chi connectivity index (χ1v) is 7.47. The number of nitrogens with zero attached hydrogens (tertiary/aromatic N) is 2. The molecule has 0 atom stereocenters. The molecule has 0 spiro atoms. The van der Waals surface area contributed by atoms with E-state index in [4.69, 9.17) is 0 Å². The Bertz CT molecular complexity index is 692. The maximum absolute atomic E-state index is 9.86. The van der Waals surface area contributed by atoms with Gasteiger partial charge in [0.15, 0.2) is 5.82 Å². The Morgan fingerprint density at radius 1 is 1.11 bits per heavy atom. The van der Waals surface area contributed by atoms with Crippen LogP contribution in [0.25, 0.3) is 21.6 Å². The molecule has 0 radical (unpaired) electrons. The largest absolute Gasteiger partial charge is 0.492 e. The SMILES string of the molecule is CSc1ccc(-c2nc(O)c3sccc3n2)cc1. The standard InChI is InChI=1S/C13H10N2OS2/c1-17-9-4-2-8(3-5-9)12-14-10-6-7-18-11(10)13(16)15-12/h2-7H,1H3,(H,14,15,16). The zero-order valence-electron chi connectivity index (χ0n) is 9.62. The summed E-state index contributed by atoms with van der Waals surface area (Å²) in [5.41, 5.74) is 1.70. The third-order valence-electron chi connectivity index (χ3n) is 2.63. The summed E-state index contributed by atoms with van der Waals surface area (Å²) in [7, 11) is 0. The summed E-state index contributed by atoms with van der Waals surface area (Å²) in [6.07, 6.45) is 2.04. The molecule has 0 aliphatic rings. The predicted molar refractivity (Wildman–Crippen MR) is 76.3 cm³/mol. The molecule has 0 saturated carbocycles. The second-order valence-electron chi connectivity index (χ2n) is 3.73. The first-order chi connectivity index (χ1) is 8.78. The van der Waals surface area contributed by atoms with Gasteiger partial charge in [0, 0.05) is 10.5 Å². The number of thiophene rings is 1. The maximum Gasteiger partial charge on any atom is 0.232 e. The Morgan fingerprint density at radius 3 is 2.61 bits per heavy atom. The third-order valence-corrected chi connectivity index (χ3v) is 4.28. The topological polar surface area (TPSA) is 46.0 Å². The van der Waals surface area contributed by atoms with E-state index in [0.717, 1.165) is 15.8 Å². The first-order valence-electron chi connectivity index (χ1n) is 5.36. The van der Waals surface area contributed by atoms with Crippen LogP contribution in [0.5, 0.6) is 5.88 Å². The molecular weight excluding hydrogens is 264 g/mol. The Morgan fingerprint density at radius 2 is 1.89 bits per heavy atom. The Balaban J connectivity index is 2.12. The Kier molecular flexibility index (Phi) is 2.93. The number of rotatable bonds is 2. The van der Waals surface area contributed by atoms with E-state index in [1.807, 2.05) is 42.0 Å². The van der Waals surface area contributed by atoms with Gasteiger partial charge < -0.3 is 5.11 Å². The number of thioether (sulfide) groups is 1. The summed E-state index contributed by atoms with van der Waals surface area (Å²) >= 11 is 3.14. The van der Waals surface area contributed by atoms with Crippen molar-refractivity contribution in [2.45, 2.75) is 4.90 Å². The minimum absolute atomic E-state index is 0.0546. The van der Waals surface area contributed by atoms with Gasteiger partial charge in [-0.15, -0.1) is 23.1 Å². The average molecular weight is 274 g/mol. The molecule has 0 aliphatic carbocycles. The van der Waals surface area contributed by atoms with Crippen LogP contribution in [-0.4, -0.2) is 21.3 Å². The Hall–Kier alpha value is -1.59. The van der Waals surface area contributed by atoms with Gasteiger partial charge in [-0.25, -0.2) is 4.98 Å². The van der Waals surface area contributed by atoms with Crippen molar-refractivity contribution in [3.8, 4) is 17.3 Å². The highest BCUT2D eigenvalue weighted by atomic mass is 32.2. The summed E-state index contributed by atoms with van der Waals surface area (Å²) in [5.74, 6) is 0.616. The van der Waals surface area contributed by atoms with Gasteiger partial charge in [-0.3, -0.25) is 0 Å². The number of aromatic hydroxyl groups is 1. The van der Waals surface area contributed by atoms with Gasteiger partial charge in [0.25, 0.3) is 0 Å². The average Bonchev–Trinajstić information content (AvgIpc) is 2.88. The maximum atomic E-state index is 9.86. The highest BCUT2D eigenvalue weighted by Gasteiger charge is 2.09. The van der Waals surface area contributed by atoms with Crippen LogP contribution in [-0.2, 0) is 0 Å². The minimum Gasteiger partial charge on any atom is -0.492 e. The minimum atomic E-state index is 0.0546. The van der Waals surface area contributed by atoms with Crippen LogP contribution in [0, 0.1) is 0 Å². The van der Waals surface area contributed by atoms with E-state index in [1.54, 1.807) is 11.8 Å². The second kappa shape index (κ2) is 4.59. The fraction of sp³-hybridized carbons (Fsp3) is 0.0769. The van der Waals surface area contributed by atoms with Crippen molar-refractivity contribution in [3.63, 3.8) is 0 Å². The van der Waals surface area contributed by atoms with Crippen LogP contribution in [0.4, 0.5) is 0 Å². The first kappa shape index (κ1) is 11.5. The molecule has 3 aromatic rings. The van der Waals surface area contributed by atoms with Gasteiger partial charge in [0.05, 0.1) is 5.52 Å². The number of fused-ring (bicyclic) bond motifs is 1. The molecular formula is C13H10N2OS2. The summed E-state index contributed by atoms with van der Waals surface area (Å²) in [6.45, 7) is 0. The molecule has 2 aromatic heterocycles. The van der Waals surface area contributed by atoms with Crippen molar-refractivity contribution in [1.29, 1.82) is 0 Å². The van der Waals surface area contributed by atoms with Gasteiger partial charge in [-0.1, -0.05) is 12.1 Å².